The predicted octanol–water partition coefficient (Wildman–Crippen LogP) is 5.37. The summed E-state index contributed by atoms with van der Waals surface area (Å²) in [5, 5.41) is 19.9. The van der Waals surface area contributed by atoms with E-state index in [0.717, 1.165) is 5.56 Å². The van der Waals surface area contributed by atoms with Crippen molar-refractivity contribution in [2.75, 3.05) is 0 Å². The Bertz CT molecular complexity index is 622. The molecule has 0 spiro atoms. The van der Waals surface area contributed by atoms with Gasteiger partial charge in [0.25, 0.3) is 0 Å². The first-order chi connectivity index (χ1) is 9.88. The minimum Gasteiger partial charge on any atom is -0.364 e. The smallest absolute Gasteiger partial charge is 0.199 e. The third kappa shape index (κ3) is 4.27. The lowest BCUT2D eigenvalue weighted by atomic mass is 10.1. The minimum atomic E-state index is -1.38. The van der Waals surface area contributed by atoms with Crippen LogP contribution in [-0.4, -0.2) is 5.11 Å². The maximum absolute atomic E-state index is 10.4. The Morgan fingerprint density at radius 2 is 1.43 bits per heavy atom. The maximum atomic E-state index is 10.4. The molecule has 5 heteroatoms. The second-order valence-corrected chi connectivity index (χ2v) is 5.84. The monoisotopic (exact) mass is 322 g/mol. The summed E-state index contributed by atoms with van der Waals surface area (Å²) >= 11 is 11.7. The highest BCUT2D eigenvalue weighted by molar-refractivity contribution is 6.30. The van der Waals surface area contributed by atoms with Crippen molar-refractivity contribution < 1.29 is 5.11 Å². The quantitative estimate of drug-likeness (QED) is 0.755. The molecular weight excluding hydrogens is 307 g/mol. The Balaban J connectivity index is 2.15. The second kappa shape index (κ2) is 6.56. The van der Waals surface area contributed by atoms with E-state index >= 15 is 0 Å². The standard InChI is InChI=1S/C16H16Cl2N2O/c1-11(12-3-7-14(17)8-4-12)19-20-16(2,21)13-5-9-15(18)10-6-13/h3-11,21H,1-2H3. The Morgan fingerprint density at radius 1 is 0.952 bits per heavy atom. The van der Waals surface area contributed by atoms with E-state index < -0.39 is 5.72 Å². The van der Waals surface area contributed by atoms with Gasteiger partial charge in [0.2, 0.25) is 0 Å². The van der Waals surface area contributed by atoms with Crippen molar-refractivity contribution in [3.8, 4) is 0 Å². The zero-order valence-electron chi connectivity index (χ0n) is 11.8. The van der Waals surface area contributed by atoms with Crippen molar-refractivity contribution in [1.29, 1.82) is 0 Å². The highest BCUT2D eigenvalue weighted by atomic mass is 35.5. The van der Waals surface area contributed by atoms with Crippen LogP contribution in [0.25, 0.3) is 0 Å². The van der Waals surface area contributed by atoms with E-state index in [9.17, 15) is 5.11 Å². The third-order valence-corrected chi connectivity index (χ3v) is 3.67. The molecule has 2 aromatic carbocycles. The topological polar surface area (TPSA) is 45.0 Å². The summed E-state index contributed by atoms with van der Waals surface area (Å²) < 4.78 is 0. The van der Waals surface area contributed by atoms with Crippen LogP contribution in [0.15, 0.2) is 58.8 Å². The van der Waals surface area contributed by atoms with E-state index in [1.54, 1.807) is 43.3 Å². The van der Waals surface area contributed by atoms with Gasteiger partial charge in [-0.05, 0) is 43.7 Å². The van der Waals surface area contributed by atoms with Crippen molar-refractivity contribution in [3.63, 3.8) is 0 Å². The molecule has 0 aliphatic heterocycles. The Hall–Kier alpha value is -1.42. The highest BCUT2D eigenvalue weighted by Gasteiger charge is 2.22. The van der Waals surface area contributed by atoms with E-state index in [-0.39, 0.29) is 6.04 Å². The molecule has 0 radical (unpaired) electrons. The average molecular weight is 323 g/mol. The van der Waals surface area contributed by atoms with Gasteiger partial charge in [-0.3, -0.25) is 0 Å². The fourth-order valence-electron chi connectivity index (χ4n) is 1.83. The van der Waals surface area contributed by atoms with E-state index in [1.165, 1.54) is 0 Å². The minimum absolute atomic E-state index is 0.166. The van der Waals surface area contributed by atoms with Crippen LogP contribution in [0.1, 0.15) is 31.0 Å². The first kappa shape index (κ1) is 16.0. The number of hydrogen-bond donors (Lipinski definition) is 1. The zero-order chi connectivity index (χ0) is 15.5. The molecule has 2 unspecified atom stereocenters. The molecule has 0 aliphatic rings. The fraction of sp³-hybridized carbons (Fsp3) is 0.250. The average Bonchev–Trinajstić information content (AvgIpc) is 2.46. The molecule has 0 fully saturated rings. The van der Waals surface area contributed by atoms with Gasteiger partial charge in [0.15, 0.2) is 5.72 Å². The van der Waals surface area contributed by atoms with Gasteiger partial charge in [-0.15, -0.1) is 0 Å². The molecule has 21 heavy (non-hydrogen) atoms. The van der Waals surface area contributed by atoms with E-state index in [1.807, 2.05) is 19.1 Å². The molecule has 0 saturated heterocycles. The first-order valence-corrected chi connectivity index (χ1v) is 7.30. The van der Waals surface area contributed by atoms with Gasteiger partial charge < -0.3 is 5.11 Å². The molecule has 0 saturated carbocycles. The summed E-state index contributed by atoms with van der Waals surface area (Å²) in [5.41, 5.74) is 0.236. The maximum Gasteiger partial charge on any atom is 0.199 e. The molecule has 0 aromatic heterocycles. The van der Waals surface area contributed by atoms with Crippen molar-refractivity contribution in [2.24, 2.45) is 10.2 Å². The molecule has 110 valence electrons. The SMILES string of the molecule is CC(N=NC(C)(O)c1ccc(Cl)cc1)c1ccc(Cl)cc1. The molecule has 2 atom stereocenters. The first-order valence-electron chi connectivity index (χ1n) is 6.54. The summed E-state index contributed by atoms with van der Waals surface area (Å²) in [6.07, 6.45) is 0. The molecule has 1 N–H and O–H groups in total. The Kier molecular flexibility index (Phi) is 4.99. The fourth-order valence-corrected chi connectivity index (χ4v) is 2.08. The van der Waals surface area contributed by atoms with Crippen molar-refractivity contribution >= 4 is 23.2 Å². The summed E-state index contributed by atoms with van der Waals surface area (Å²) in [4.78, 5) is 0. The summed E-state index contributed by atoms with van der Waals surface area (Å²) in [6.45, 7) is 3.50. The number of hydrogen-bond acceptors (Lipinski definition) is 3. The van der Waals surface area contributed by atoms with Crippen LogP contribution in [0.5, 0.6) is 0 Å². The van der Waals surface area contributed by atoms with Crippen LogP contribution >= 0.6 is 23.2 Å². The van der Waals surface area contributed by atoms with Crippen LogP contribution in [0.4, 0.5) is 0 Å². The number of aliphatic hydroxyl groups is 1. The van der Waals surface area contributed by atoms with Crippen LogP contribution in [0.2, 0.25) is 10.0 Å². The largest absolute Gasteiger partial charge is 0.364 e. The normalized spacial score (nSPS) is 15.9. The second-order valence-electron chi connectivity index (χ2n) is 4.97. The molecule has 0 aliphatic carbocycles. The van der Waals surface area contributed by atoms with Crippen LogP contribution in [0.3, 0.4) is 0 Å². The molecular formula is C16H16Cl2N2O. The van der Waals surface area contributed by atoms with Gasteiger partial charge >= 0.3 is 0 Å². The molecule has 2 rings (SSSR count). The van der Waals surface area contributed by atoms with Crippen LogP contribution in [0, 0.1) is 0 Å². The zero-order valence-corrected chi connectivity index (χ0v) is 13.3. The van der Waals surface area contributed by atoms with E-state index in [2.05, 4.69) is 10.2 Å². The van der Waals surface area contributed by atoms with Gasteiger partial charge in [0, 0.05) is 15.6 Å². The van der Waals surface area contributed by atoms with Crippen LogP contribution in [-0.2, 0) is 5.72 Å². The van der Waals surface area contributed by atoms with E-state index in [0.29, 0.717) is 15.6 Å². The lowest BCUT2D eigenvalue weighted by Gasteiger charge is -2.18. The van der Waals surface area contributed by atoms with Gasteiger partial charge in [-0.1, -0.05) is 47.5 Å². The Labute approximate surface area is 134 Å². The number of rotatable bonds is 4. The molecule has 0 amide bonds. The van der Waals surface area contributed by atoms with Crippen molar-refractivity contribution in [1.82, 2.24) is 0 Å². The molecule has 0 heterocycles. The lowest BCUT2D eigenvalue weighted by Crippen LogP contribution is -2.17. The third-order valence-electron chi connectivity index (χ3n) is 3.17. The Morgan fingerprint density at radius 3 is 1.95 bits per heavy atom. The molecule has 2 aromatic rings. The van der Waals surface area contributed by atoms with Crippen molar-refractivity contribution in [3.05, 3.63) is 69.7 Å². The number of benzene rings is 2. The number of halogens is 2. The predicted molar refractivity (Wildman–Crippen MR) is 85.7 cm³/mol. The van der Waals surface area contributed by atoms with Gasteiger partial charge in [0.05, 0.1) is 6.04 Å². The molecule has 3 nitrogen and oxygen atoms in total. The summed E-state index contributed by atoms with van der Waals surface area (Å²) in [6, 6.07) is 14.1. The number of nitrogens with zero attached hydrogens (tertiary/aromatic N) is 2. The van der Waals surface area contributed by atoms with E-state index in [4.69, 9.17) is 23.2 Å². The van der Waals surface area contributed by atoms with Crippen molar-refractivity contribution in [2.45, 2.75) is 25.6 Å². The molecule has 0 bridgehead atoms. The summed E-state index contributed by atoms with van der Waals surface area (Å²) in [5.74, 6) is 0. The van der Waals surface area contributed by atoms with Gasteiger partial charge in [0.1, 0.15) is 0 Å². The highest BCUT2D eigenvalue weighted by Crippen LogP contribution is 2.27. The lowest BCUT2D eigenvalue weighted by molar-refractivity contribution is 0.0573. The number of azo groups is 1. The van der Waals surface area contributed by atoms with Crippen LogP contribution < -0.4 is 0 Å². The van der Waals surface area contributed by atoms with Gasteiger partial charge in [-0.2, -0.15) is 10.2 Å². The summed E-state index contributed by atoms with van der Waals surface area (Å²) in [7, 11) is 0. The van der Waals surface area contributed by atoms with Gasteiger partial charge in [-0.25, -0.2) is 0 Å².